The molecule has 0 aliphatic carbocycles. The Morgan fingerprint density at radius 1 is 1.54 bits per heavy atom. The van der Waals surface area contributed by atoms with E-state index in [1.165, 1.54) is 5.57 Å². The molecule has 13 heavy (non-hydrogen) atoms. The third-order valence-corrected chi connectivity index (χ3v) is 1.98. The zero-order chi connectivity index (χ0) is 9.68. The molecule has 0 saturated carbocycles. The summed E-state index contributed by atoms with van der Waals surface area (Å²) in [4.78, 5) is 8.20. The van der Waals surface area contributed by atoms with Crippen molar-refractivity contribution in [1.82, 2.24) is 9.97 Å². The number of hydrogen-bond acceptors (Lipinski definition) is 2. The molecule has 0 unspecified atom stereocenters. The maximum Gasteiger partial charge on any atom is 0.148 e. The molecule has 1 aromatic heterocycles. The van der Waals surface area contributed by atoms with Gasteiger partial charge in [0.05, 0.1) is 18.1 Å². The van der Waals surface area contributed by atoms with Crippen molar-refractivity contribution in [3.05, 3.63) is 29.3 Å². The van der Waals surface area contributed by atoms with Crippen LogP contribution in [-0.2, 0) is 0 Å². The van der Waals surface area contributed by atoms with E-state index in [4.69, 9.17) is 11.6 Å². The maximum absolute atomic E-state index is 5.75. The molecule has 0 amide bonds. The third-order valence-electron chi connectivity index (χ3n) is 1.80. The fraction of sp³-hybridized carbons (Fsp3) is 0.400. The lowest BCUT2D eigenvalue weighted by Crippen LogP contribution is -1.90. The van der Waals surface area contributed by atoms with Crippen molar-refractivity contribution in [2.75, 3.05) is 0 Å². The summed E-state index contributed by atoms with van der Waals surface area (Å²) in [5.74, 6) is 0. The summed E-state index contributed by atoms with van der Waals surface area (Å²) >= 11 is 5.75. The summed E-state index contributed by atoms with van der Waals surface area (Å²) in [6.45, 7) is 4.15. The van der Waals surface area contributed by atoms with E-state index in [1.54, 1.807) is 12.4 Å². The second-order valence-electron chi connectivity index (χ2n) is 2.79. The third kappa shape index (κ3) is 2.81. The second kappa shape index (κ2) is 4.97. The lowest BCUT2D eigenvalue weighted by molar-refractivity contribution is 0.960. The molecule has 70 valence electrons. The number of allylic oxidation sites excluding steroid dienone is 2. The molecular formula is C10H13ClN2. The Hall–Kier alpha value is -0.890. The minimum Gasteiger partial charge on any atom is -0.259 e. The largest absolute Gasteiger partial charge is 0.259 e. The van der Waals surface area contributed by atoms with Gasteiger partial charge in [0, 0.05) is 0 Å². The molecule has 1 aromatic rings. The smallest absolute Gasteiger partial charge is 0.148 e. The fourth-order valence-electron chi connectivity index (χ4n) is 1.19. The molecule has 0 aliphatic heterocycles. The normalized spacial score (nSPS) is 11.8. The average Bonchev–Trinajstić information content (AvgIpc) is 2.14. The van der Waals surface area contributed by atoms with Crippen molar-refractivity contribution >= 4 is 17.2 Å². The van der Waals surface area contributed by atoms with Crippen molar-refractivity contribution in [3.8, 4) is 0 Å². The highest BCUT2D eigenvalue weighted by molar-refractivity contribution is 6.29. The molecular weight excluding hydrogens is 184 g/mol. The monoisotopic (exact) mass is 196 g/mol. The Bertz CT molecular complexity index is 308. The Kier molecular flexibility index (Phi) is 3.90. The predicted molar refractivity (Wildman–Crippen MR) is 55.6 cm³/mol. The van der Waals surface area contributed by atoms with Crippen LogP contribution in [0, 0.1) is 0 Å². The van der Waals surface area contributed by atoms with E-state index >= 15 is 0 Å². The van der Waals surface area contributed by atoms with Crippen molar-refractivity contribution < 1.29 is 0 Å². The molecule has 3 heteroatoms. The van der Waals surface area contributed by atoms with Crippen molar-refractivity contribution in [1.29, 1.82) is 0 Å². The molecule has 1 heterocycles. The number of nitrogens with zero attached hydrogens (tertiary/aromatic N) is 2. The van der Waals surface area contributed by atoms with Gasteiger partial charge in [-0.25, -0.2) is 4.98 Å². The van der Waals surface area contributed by atoms with E-state index < -0.39 is 0 Å². The summed E-state index contributed by atoms with van der Waals surface area (Å²) in [7, 11) is 0. The van der Waals surface area contributed by atoms with E-state index in [0.29, 0.717) is 5.15 Å². The average molecular weight is 197 g/mol. The molecule has 0 saturated heterocycles. The first-order valence-corrected chi connectivity index (χ1v) is 4.78. The van der Waals surface area contributed by atoms with Crippen LogP contribution in [0.4, 0.5) is 0 Å². The van der Waals surface area contributed by atoms with Gasteiger partial charge in [0.25, 0.3) is 0 Å². The first-order chi connectivity index (χ1) is 6.27. The number of rotatable bonds is 3. The summed E-state index contributed by atoms with van der Waals surface area (Å²) in [6.07, 6.45) is 7.48. The summed E-state index contributed by atoms with van der Waals surface area (Å²) in [5, 5.41) is 0.452. The van der Waals surface area contributed by atoms with Gasteiger partial charge in [-0.2, -0.15) is 0 Å². The Balaban J connectivity index is 2.92. The Labute approximate surface area is 83.7 Å². The zero-order valence-electron chi connectivity index (χ0n) is 7.92. The molecule has 0 atom stereocenters. The quantitative estimate of drug-likeness (QED) is 0.741. The van der Waals surface area contributed by atoms with Crippen LogP contribution in [0.5, 0.6) is 0 Å². The van der Waals surface area contributed by atoms with Gasteiger partial charge < -0.3 is 0 Å². The van der Waals surface area contributed by atoms with E-state index in [0.717, 1.165) is 18.5 Å². The SMILES string of the molecule is C/C=C(\CCC)c1cncc(Cl)n1. The molecule has 0 bridgehead atoms. The van der Waals surface area contributed by atoms with Gasteiger partial charge in [-0.15, -0.1) is 0 Å². The van der Waals surface area contributed by atoms with E-state index in [2.05, 4.69) is 23.0 Å². The van der Waals surface area contributed by atoms with E-state index in [1.807, 2.05) is 6.92 Å². The highest BCUT2D eigenvalue weighted by atomic mass is 35.5. The Morgan fingerprint density at radius 3 is 2.85 bits per heavy atom. The number of hydrogen-bond donors (Lipinski definition) is 0. The van der Waals surface area contributed by atoms with Gasteiger partial charge in [0.15, 0.2) is 0 Å². The van der Waals surface area contributed by atoms with Crippen LogP contribution in [-0.4, -0.2) is 9.97 Å². The molecule has 0 aromatic carbocycles. The lowest BCUT2D eigenvalue weighted by atomic mass is 10.1. The first kappa shape index (κ1) is 10.2. The topological polar surface area (TPSA) is 25.8 Å². The predicted octanol–water partition coefficient (Wildman–Crippen LogP) is 3.33. The lowest BCUT2D eigenvalue weighted by Gasteiger charge is -2.03. The first-order valence-electron chi connectivity index (χ1n) is 4.41. The number of aromatic nitrogens is 2. The van der Waals surface area contributed by atoms with Crippen LogP contribution in [0.25, 0.3) is 5.57 Å². The second-order valence-corrected chi connectivity index (χ2v) is 3.18. The molecule has 0 spiro atoms. The van der Waals surface area contributed by atoms with Crippen LogP contribution in [0.2, 0.25) is 5.15 Å². The van der Waals surface area contributed by atoms with Crippen LogP contribution < -0.4 is 0 Å². The van der Waals surface area contributed by atoms with E-state index in [-0.39, 0.29) is 0 Å². The number of halogens is 1. The van der Waals surface area contributed by atoms with Crippen LogP contribution in [0.1, 0.15) is 32.4 Å². The fourth-order valence-corrected chi connectivity index (χ4v) is 1.33. The van der Waals surface area contributed by atoms with Gasteiger partial charge in [0.2, 0.25) is 0 Å². The minimum atomic E-state index is 0.452. The molecule has 0 N–H and O–H groups in total. The van der Waals surface area contributed by atoms with Gasteiger partial charge in [0.1, 0.15) is 5.15 Å². The van der Waals surface area contributed by atoms with Crippen LogP contribution in [0.15, 0.2) is 18.5 Å². The Morgan fingerprint density at radius 2 is 2.31 bits per heavy atom. The van der Waals surface area contributed by atoms with Crippen molar-refractivity contribution in [2.24, 2.45) is 0 Å². The molecule has 2 nitrogen and oxygen atoms in total. The van der Waals surface area contributed by atoms with Crippen LogP contribution >= 0.6 is 11.6 Å². The van der Waals surface area contributed by atoms with Crippen molar-refractivity contribution in [2.45, 2.75) is 26.7 Å². The molecule has 0 radical (unpaired) electrons. The summed E-state index contributed by atoms with van der Waals surface area (Å²) in [5.41, 5.74) is 2.09. The molecule has 0 fully saturated rings. The van der Waals surface area contributed by atoms with Gasteiger partial charge >= 0.3 is 0 Å². The maximum atomic E-state index is 5.75. The standard InChI is InChI=1S/C10H13ClN2/c1-3-5-8(4-2)9-6-12-7-10(11)13-9/h4,6-7H,3,5H2,1-2H3/b8-4+. The highest BCUT2D eigenvalue weighted by Gasteiger charge is 2.01. The van der Waals surface area contributed by atoms with E-state index in [9.17, 15) is 0 Å². The zero-order valence-corrected chi connectivity index (χ0v) is 8.67. The molecule has 1 rings (SSSR count). The summed E-state index contributed by atoms with van der Waals surface area (Å²) in [6, 6.07) is 0. The van der Waals surface area contributed by atoms with Gasteiger partial charge in [-0.1, -0.05) is 31.0 Å². The van der Waals surface area contributed by atoms with Crippen LogP contribution in [0.3, 0.4) is 0 Å². The summed E-state index contributed by atoms with van der Waals surface area (Å²) < 4.78 is 0. The van der Waals surface area contributed by atoms with Gasteiger partial charge in [-0.05, 0) is 18.9 Å². The van der Waals surface area contributed by atoms with Crippen molar-refractivity contribution in [3.63, 3.8) is 0 Å². The van der Waals surface area contributed by atoms with Gasteiger partial charge in [-0.3, -0.25) is 4.98 Å². The molecule has 0 aliphatic rings. The minimum absolute atomic E-state index is 0.452. The highest BCUT2D eigenvalue weighted by Crippen LogP contribution is 2.17.